The highest BCUT2D eigenvalue weighted by Gasteiger charge is 2.09. The Morgan fingerprint density at radius 1 is 1.19 bits per heavy atom. The third-order valence-corrected chi connectivity index (χ3v) is 4.75. The standard InChI is InChI=1S/C19H21N3O3S/c1-3-22-16-11-10-15(12-17(16)26-18(22)21-25-4-2)20-19(23)24-13-14-8-6-5-7-9-14/h5-12H,3-4,13H2,1-2H3,(H,20,23). The summed E-state index contributed by atoms with van der Waals surface area (Å²) in [5, 5.41) is 6.92. The van der Waals surface area contributed by atoms with Gasteiger partial charge in [0.05, 0.1) is 10.2 Å². The van der Waals surface area contributed by atoms with Gasteiger partial charge in [-0.05, 0) is 37.6 Å². The molecule has 0 spiro atoms. The Kier molecular flexibility index (Phi) is 5.91. The van der Waals surface area contributed by atoms with Gasteiger partial charge in [0.2, 0.25) is 4.80 Å². The van der Waals surface area contributed by atoms with Crippen LogP contribution in [0.1, 0.15) is 19.4 Å². The van der Waals surface area contributed by atoms with Crippen molar-refractivity contribution in [2.24, 2.45) is 5.16 Å². The molecular weight excluding hydrogens is 350 g/mol. The van der Waals surface area contributed by atoms with Crippen LogP contribution in [0.15, 0.2) is 53.7 Å². The van der Waals surface area contributed by atoms with Crippen LogP contribution in [0.25, 0.3) is 10.2 Å². The molecule has 7 heteroatoms. The first kappa shape index (κ1) is 18.0. The zero-order valence-corrected chi connectivity index (χ0v) is 15.6. The number of nitrogens with zero attached hydrogens (tertiary/aromatic N) is 2. The number of hydrogen-bond donors (Lipinski definition) is 1. The van der Waals surface area contributed by atoms with Gasteiger partial charge in [0.15, 0.2) is 0 Å². The van der Waals surface area contributed by atoms with E-state index in [1.165, 1.54) is 11.3 Å². The molecule has 0 aliphatic heterocycles. The highest BCUT2D eigenvalue weighted by atomic mass is 32.1. The largest absolute Gasteiger partial charge is 0.444 e. The molecule has 6 nitrogen and oxygen atoms in total. The van der Waals surface area contributed by atoms with Crippen molar-refractivity contribution in [3.05, 3.63) is 58.9 Å². The lowest BCUT2D eigenvalue weighted by Crippen LogP contribution is -2.14. The SMILES string of the molecule is CCON=c1sc2cc(NC(=O)OCc3ccccc3)ccc2n1CC. The Balaban J connectivity index is 1.73. The van der Waals surface area contributed by atoms with Crippen molar-refractivity contribution < 1.29 is 14.4 Å². The Bertz CT molecular complexity index is 948. The lowest BCUT2D eigenvalue weighted by atomic mass is 10.2. The Morgan fingerprint density at radius 2 is 2.00 bits per heavy atom. The van der Waals surface area contributed by atoms with Gasteiger partial charge in [-0.3, -0.25) is 5.32 Å². The molecule has 0 unspecified atom stereocenters. The third kappa shape index (κ3) is 4.23. The number of thiazole rings is 1. The fraction of sp³-hybridized carbons (Fsp3) is 0.263. The van der Waals surface area contributed by atoms with Crippen molar-refractivity contribution in [2.75, 3.05) is 11.9 Å². The molecule has 0 atom stereocenters. The lowest BCUT2D eigenvalue weighted by Gasteiger charge is -2.07. The van der Waals surface area contributed by atoms with E-state index in [2.05, 4.69) is 22.0 Å². The number of aromatic nitrogens is 1. The van der Waals surface area contributed by atoms with Gasteiger partial charge >= 0.3 is 6.09 Å². The average molecular weight is 371 g/mol. The van der Waals surface area contributed by atoms with Crippen LogP contribution < -0.4 is 10.1 Å². The highest BCUT2D eigenvalue weighted by Crippen LogP contribution is 2.22. The van der Waals surface area contributed by atoms with E-state index in [1.807, 2.05) is 55.5 Å². The smallest absolute Gasteiger partial charge is 0.411 e. The van der Waals surface area contributed by atoms with E-state index >= 15 is 0 Å². The number of fused-ring (bicyclic) bond motifs is 1. The second-order valence-electron chi connectivity index (χ2n) is 5.51. The summed E-state index contributed by atoms with van der Waals surface area (Å²) in [6, 6.07) is 15.3. The number of nitrogens with one attached hydrogen (secondary N) is 1. The highest BCUT2D eigenvalue weighted by molar-refractivity contribution is 7.16. The van der Waals surface area contributed by atoms with Gasteiger partial charge in [-0.15, -0.1) is 0 Å². The second kappa shape index (κ2) is 8.53. The van der Waals surface area contributed by atoms with Crippen molar-refractivity contribution in [1.29, 1.82) is 0 Å². The molecule has 0 fully saturated rings. The van der Waals surface area contributed by atoms with Crippen LogP contribution in [-0.2, 0) is 22.7 Å². The van der Waals surface area contributed by atoms with E-state index in [4.69, 9.17) is 9.57 Å². The minimum atomic E-state index is -0.479. The molecule has 1 aromatic heterocycles. The van der Waals surface area contributed by atoms with E-state index in [0.717, 1.165) is 27.1 Å². The summed E-state index contributed by atoms with van der Waals surface area (Å²) in [5.41, 5.74) is 2.68. The molecule has 1 heterocycles. The first-order valence-corrected chi connectivity index (χ1v) is 9.30. The number of carbonyl (C=O) groups is 1. The van der Waals surface area contributed by atoms with E-state index < -0.39 is 6.09 Å². The third-order valence-electron chi connectivity index (χ3n) is 3.73. The quantitative estimate of drug-likeness (QED) is 0.656. The molecule has 0 saturated carbocycles. The normalized spacial score (nSPS) is 11.5. The maximum absolute atomic E-state index is 12.0. The molecule has 1 N–H and O–H groups in total. The van der Waals surface area contributed by atoms with Gasteiger partial charge in [-0.2, -0.15) is 0 Å². The minimum absolute atomic E-state index is 0.237. The number of benzene rings is 2. The van der Waals surface area contributed by atoms with Crippen molar-refractivity contribution >= 4 is 33.3 Å². The number of amides is 1. The van der Waals surface area contributed by atoms with Crippen LogP contribution >= 0.6 is 11.3 Å². The zero-order chi connectivity index (χ0) is 18.4. The van der Waals surface area contributed by atoms with Gasteiger partial charge in [-0.25, -0.2) is 4.79 Å². The number of anilines is 1. The topological polar surface area (TPSA) is 64.8 Å². The summed E-state index contributed by atoms with van der Waals surface area (Å²) in [4.78, 5) is 18.0. The molecule has 0 radical (unpaired) electrons. The first-order valence-electron chi connectivity index (χ1n) is 8.48. The molecule has 3 rings (SSSR count). The average Bonchev–Trinajstić information content (AvgIpc) is 3.02. The van der Waals surface area contributed by atoms with Crippen molar-refractivity contribution in [3.8, 4) is 0 Å². The molecule has 136 valence electrons. The zero-order valence-electron chi connectivity index (χ0n) is 14.8. The maximum Gasteiger partial charge on any atom is 0.411 e. The summed E-state index contributed by atoms with van der Waals surface area (Å²) in [7, 11) is 0. The first-order chi connectivity index (χ1) is 12.7. The molecule has 2 aromatic carbocycles. The van der Waals surface area contributed by atoms with Crippen molar-refractivity contribution in [2.45, 2.75) is 27.0 Å². The lowest BCUT2D eigenvalue weighted by molar-refractivity contribution is 0.146. The van der Waals surface area contributed by atoms with Gasteiger partial charge < -0.3 is 14.1 Å². The van der Waals surface area contributed by atoms with Crippen LogP contribution in [0.3, 0.4) is 0 Å². The fourth-order valence-electron chi connectivity index (χ4n) is 2.52. The van der Waals surface area contributed by atoms with Gasteiger partial charge in [0.1, 0.15) is 13.2 Å². The molecule has 1 amide bonds. The maximum atomic E-state index is 12.0. The van der Waals surface area contributed by atoms with Crippen molar-refractivity contribution in [3.63, 3.8) is 0 Å². The van der Waals surface area contributed by atoms with E-state index in [1.54, 1.807) is 0 Å². The van der Waals surface area contributed by atoms with Gasteiger partial charge in [0, 0.05) is 12.2 Å². The minimum Gasteiger partial charge on any atom is -0.444 e. The summed E-state index contributed by atoms with van der Waals surface area (Å²) in [5.74, 6) is 0. The Morgan fingerprint density at radius 3 is 2.73 bits per heavy atom. The molecule has 0 bridgehead atoms. The number of carbonyl (C=O) groups excluding carboxylic acids is 1. The van der Waals surface area contributed by atoms with Crippen molar-refractivity contribution in [1.82, 2.24) is 4.57 Å². The van der Waals surface area contributed by atoms with Crippen LogP contribution in [0.2, 0.25) is 0 Å². The van der Waals surface area contributed by atoms with Crippen LogP contribution in [0.5, 0.6) is 0 Å². The predicted octanol–water partition coefficient (Wildman–Crippen LogP) is 4.32. The van der Waals surface area contributed by atoms with E-state index in [-0.39, 0.29) is 6.61 Å². The van der Waals surface area contributed by atoms with Crippen LogP contribution in [0.4, 0.5) is 10.5 Å². The molecule has 0 aliphatic rings. The summed E-state index contributed by atoms with van der Waals surface area (Å²) < 4.78 is 8.35. The predicted molar refractivity (Wildman–Crippen MR) is 103 cm³/mol. The molecule has 26 heavy (non-hydrogen) atoms. The number of hydrogen-bond acceptors (Lipinski definition) is 5. The summed E-state index contributed by atoms with van der Waals surface area (Å²) in [6.07, 6.45) is -0.479. The van der Waals surface area contributed by atoms with Crippen LogP contribution in [0, 0.1) is 0 Å². The van der Waals surface area contributed by atoms with E-state index in [9.17, 15) is 4.79 Å². The monoisotopic (exact) mass is 371 g/mol. The molecule has 3 aromatic rings. The Labute approximate surface area is 155 Å². The fourth-order valence-corrected chi connectivity index (χ4v) is 3.62. The summed E-state index contributed by atoms with van der Waals surface area (Å²) in [6.45, 7) is 5.51. The van der Waals surface area contributed by atoms with Gasteiger partial charge in [-0.1, -0.05) is 46.8 Å². The molecule has 0 aliphatic carbocycles. The summed E-state index contributed by atoms with van der Waals surface area (Å²) >= 11 is 1.52. The van der Waals surface area contributed by atoms with Crippen LogP contribution in [-0.4, -0.2) is 17.3 Å². The number of rotatable bonds is 6. The number of aryl methyl sites for hydroxylation is 1. The second-order valence-corrected chi connectivity index (χ2v) is 6.52. The number of ether oxygens (including phenoxy) is 1. The molecule has 0 saturated heterocycles. The van der Waals surface area contributed by atoms with E-state index in [0.29, 0.717) is 12.3 Å². The molecular formula is C19H21N3O3S. The van der Waals surface area contributed by atoms with Gasteiger partial charge in [0.25, 0.3) is 0 Å². The Hall–Kier alpha value is -2.80.